The highest BCUT2D eigenvalue weighted by Crippen LogP contribution is 2.18. The number of aryl methyl sites for hydroxylation is 1. The minimum atomic E-state index is -1.03. The third kappa shape index (κ3) is 6.27. The first-order chi connectivity index (χ1) is 10.0. The molecule has 0 spiro atoms. The van der Waals surface area contributed by atoms with Crippen molar-refractivity contribution in [3.8, 4) is 5.75 Å². The molecule has 1 amide bonds. The Morgan fingerprint density at radius 3 is 2.67 bits per heavy atom. The second-order valence-electron chi connectivity index (χ2n) is 4.52. The average Bonchev–Trinajstić information content (AvgIpc) is 2.45. The van der Waals surface area contributed by atoms with E-state index in [0.717, 1.165) is 5.56 Å². The van der Waals surface area contributed by atoms with Crippen molar-refractivity contribution in [2.24, 2.45) is 0 Å². The van der Waals surface area contributed by atoms with Gasteiger partial charge in [0.25, 0.3) is 5.91 Å². The van der Waals surface area contributed by atoms with Crippen LogP contribution < -0.4 is 10.1 Å². The number of carbonyl (C=O) groups is 2. The van der Waals surface area contributed by atoms with Gasteiger partial charge in [-0.15, -0.1) is 0 Å². The summed E-state index contributed by atoms with van der Waals surface area (Å²) in [6.45, 7) is 3.81. The maximum Gasteiger partial charge on any atom is 0.329 e. The molecule has 0 fully saturated rings. The second-order valence-corrected chi connectivity index (χ2v) is 4.52. The normalized spacial score (nSPS) is 11.7. The molecule has 0 aliphatic heterocycles. The molecule has 0 aliphatic carbocycles. The first kappa shape index (κ1) is 17.0. The fraction of sp³-hybridized carbons (Fsp3) is 0.467. The fourth-order valence-electron chi connectivity index (χ4n) is 1.68. The Morgan fingerprint density at radius 1 is 1.33 bits per heavy atom. The number of benzene rings is 1. The molecule has 6 heteroatoms. The van der Waals surface area contributed by atoms with Gasteiger partial charge in [-0.05, 0) is 25.0 Å². The van der Waals surface area contributed by atoms with E-state index in [9.17, 15) is 9.59 Å². The summed E-state index contributed by atoms with van der Waals surface area (Å²) in [7, 11) is 0. The van der Waals surface area contributed by atoms with Crippen LogP contribution in [0.15, 0.2) is 24.3 Å². The van der Waals surface area contributed by atoms with E-state index in [4.69, 9.17) is 14.6 Å². The summed E-state index contributed by atoms with van der Waals surface area (Å²) in [6, 6.07) is 7.50. The Labute approximate surface area is 124 Å². The van der Waals surface area contributed by atoms with Crippen LogP contribution in [-0.4, -0.2) is 42.8 Å². The number of hydrogen-bond donors (Lipinski definition) is 2. The van der Waals surface area contributed by atoms with Gasteiger partial charge in [-0.25, -0.2) is 4.79 Å². The van der Waals surface area contributed by atoms with Crippen LogP contribution in [0, 0.1) is 6.92 Å². The molecule has 0 bridgehead atoms. The molecule has 2 N–H and O–H groups in total. The minimum absolute atomic E-state index is 0.152. The Kier molecular flexibility index (Phi) is 7.25. The van der Waals surface area contributed by atoms with Crippen molar-refractivity contribution in [2.45, 2.75) is 26.4 Å². The van der Waals surface area contributed by atoms with Gasteiger partial charge >= 0.3 is 5.97 Å². The van der Waals surface area contributed by atoms with Crippen LogP contribution in [0.25, 0.3) is 0 Å². The highest BCUT2D eigenvalue weighted by Gasteiger charge is 2.18. The molecule has 0 aliphatic rings. The fourth-order valence-corrected chi connectivity index (χ4v) is 1.68. The van der Waals surface area contributed by atoms with Crippen LogP contribution in [-0.2, 0) is 14.3 Å². The number of hydrogen-bond acceptors (Lipinski definition) is 4. The molecule has 116 valence electrons. The molecule has 0 saturated carbocycles. The van der Waals surface area contributed by atoms with E-state index < -0.39 is 12.1 Å². The van der Waals surface area contributed by atoms with Gasteiger partial charge in [0.1, 0.15) is 12.4 Å². The number of para-hydroxylation sites is 1. The molecule has 21 heavy (non-hydrogen) atoms. The summed E-state index contributed by atoms with van der Waals surface area (Å²) in [4.78, 5) is 22.2. The molecule has 1 rings (SSSR count). The molecule has 1 unspecified atom stereocenters. The van der Waals surface area contributed by atoms with Gasteiger partial charge in [0.05, 0.1) is 6.61 Å². The number of carboxylic acid groups (broad SMARTS) is 1. The molecule has 1 aromatic carbocycles. The smallest absolute Gasteiger partial charge is 0.329 e. The first-order valence-electron chi connectivity index (χ1n) is 6.84. The molecule has 1 atom stereocenters. The van der Waals surface area contributed by atoms with E-state index in [2.05, 4.69) is 5.32 Å². The number of carbonyl (C=O) groups excluding carboxylic acids is 1. The van der Waals surface area contributed by atoms with Crippen molar-refractivity contribution in [3.05, 3.63) is 29.8 Å². The maximum absolute atomic E-state index is 12.0. The molecule has 0 radical (unpaired) electrons. The SMILES string of the molecule is CCC(Oc1ccccc1C)C(=O)NCCOCC(=O)O. The van der Waals surface area contributed by atoms with Gasteiger partial charge in [-0.2, -0.15) is 0 Å². The number of aliphatic carboxylic acids is 1. The van der Waals surface area contributed by atoms with Crippen LogP contribution in [0.2, 0.25) is 0 Å². The molecule has 6 nitrogen and oxygen atoms in total. The van der Waals surface area contributed by atoms with Crippen molar-refractivity contribution in [3.63, 3.8) is 0 Å². The van der Waals surface area contributed by atoms with Crippen molar-refractivity contribution < 1.29 is 24.2 Å². The largest absolute Gasteiger partial charge is 0.480 e. The molecular formula is C15H21NO5. The molecule has 0 saturated heterocycles. The van der Waals surface area contributed by atoms with Crippen molar-refractivity contribution >= 4 is 11.9 Å². The van der Waals surface area contributed by atoms with Gasteiger partial charge in [-0.1, -0.05) is 25.1 Å². The van der Waals surface area contributed by atoms with Crippen molar-refractivity contribution in [1.29, 1.82) is 0 Å². The number of nitrogens with one attached hydrogen (secondary N) is 1. The number of rotatable bonds is 9. The summed E-state index contributed by atoms with van der Waals surface area (Å²) in [5, 5.41) is 11.1. The van der Waals surface area contributed by atoms with Crippen molar-refractivity contribution in [2.75, 3.05) is 19.8 Å². The summed E-state index contributed by atoms with van der Waals surface area (Å²) in [5.74, 6) is -0.586. The van der Waals surface area contributed by atoms with Gasteiger partial charge < -0.3 is 19.9 Å². The van der Waals surface area contributed by atoms with Crippen molar-refractivity contribution in [1.82, 2.24) is 5.32 Å². The van der Waals surface area contributed by atoms with Gasteiger partial charge in [-0.3, -0.25) is 4.79 Å². The van der Waals surface area contributed by atoms with Crippen LogP contribution in [0.1, 0.15) is 18.9 Å². The van der Waals surface area contributed by atoms with E-state index in [1.807, 2.05) is 38.1 Å². The van der Waals surface area contributed by atoms with Crippen LogP contribution in [0.3, 0.4) is 0 Å². The zero-order valence-electron chi connectivity index (χ0n) is 12.3. The summed E-state index contributed by atoms with van der Waals surface area (Å²) >= 11 is 0. The van der Waals surface area contributed by atoms with Crippen LogP contribution in [0.5, 0.6) is 5.75 Å². The van der Waals surface area contributed by atoms with Gasteiger partial charge in [0.15, 0.2) is 6.10 Å². The standard InChI is InChI=1S/C15H21NO5/c1-3-12(21-13-7-5-4-6-11(13)2)15(19)16-8-9-20-10-14(17)18/h4-7,12H,3,8-10H2,1-2H3,(H,16,19)(H,17,18). The number of amides is 1. The first-order valence-corrected chi connectivity index (χ1v) is 6.84. The predicted molar refractivity (Wildman–Crippen MR) is 77.4 cm³/mol. The zero-order valence-corrected chi connectivity index (χ0v) is 12.3. The van der Waals surface area contributed by atoms with Crippen LogP contribution >= 0.6 is 0 Å². The van der Waals surface area contributed by atoms with Gasteiger partial charge in [0, 0.05) is 6.54 Å². The lowest BCUT2D eigenvalue weighted by Gasteiger charge is -2.18. The Morgan fingerprint density at radius 2 is 2.05 bits per heavy atom. The number of carboxylic acids is 1. The summed E-state index contributed by atoms with van der Waals surface area (Å²) in [6.07, 6.45) is -0.0403. The molecule has 0 heterocycles. The lowest BCUT2D eigenvalue weighted by molar-refractivity contribution is -0.142. The van der Waals surface area contributed by atoms with E-state index in [0.29, 0.717) is 12.2 Å². The quantitative estimate of drug-likeness (QED) is 0.672. The lowest BCUT2D eigenvalue weighted by Crippen LogP contribution is -2.39. The minimum Gasteiger partial charge on any atom is -0.480 e. The third-order valence-corrected chi connectivity index (χ3v) is 2.80. The monoisotopic (exact) mass is 295 g/mol. The van der Waals surface area contributed by atoms with E-state index >= 15 is 0 Å². The molecule has 0 aromatic heterocycles. The zero-order chi connectivity index (χ0) is 15.7. The third-order valence-electron chi connectivity index (χ3n) is 2.80. The van der Waals surface area contributed by atoms with E-state index in [1.165, 1.54) is 0 Å². The average molecular weight is 295 g/mol. The highest BCUT2D eigenvalue weighted by molar-refractivity contribution is 5.81. The van der Waals surface area contributed by atoms with E-state index in [-0.39, 0.29) is 25.7 Å². The molecule has 1 aromatic rings. The topological polar surface area (TPSA) is 84.9 Å². The second kappa shape index (κ2) is 8.97. The number of ether oxygens (including phenoxy) is 2. The molecular weight excluding hydrogens is 274 g/mol. The Balaban J connectivity index is 2.39. The maximum atomic E-state index is 12.0. The van der Waals surface area contributed by atoms with E-state index in [1.54, 1.807) is 0 Å². The Bertz CT molecular complexity index is 475. The predicted octanol–water partition coefficient (Wildman–Crippen LogP) is 1.37. The summed E-state index contributed by atoms with van der Waals surface area (Å²) in [5.41, 5.74) is 0.966. The Hall–Kier alpha value is -2.08. The lowest BCUT2D eigenvalue weighted by atomic mass is 10.2. The van der Waals surface area contributed by atoms with Crippen LogP contribution in [0.4, 0.5) is 0 Å². The highest BCUT2D eigenvalue weighted by atomic mass is 16.5. The summed E-state index contributed by atoms with van der Waals surface area (Å²) < 4.78 is 10.5. The van der Waals surface area contributed by atoms with Gasteiger partial charge in [0.2, 0.25) is 0 Å².